The van der Waals surface area contributed by atoms with Crippen LogP contribution in [0.2, 0.25) is 5.02 Å². The average molecular weight is 349 g/mol. The summed E-state index contributed by atoms with van der Waals surface area (Å²) < 4.78 is 2.99. The molecule has 1 aromatic heterocycles. The Morgan fingerprint density at radius 3 is 2.60 bits per heavy atom. The Morgan fingerprint density at radius 1 is 1.10 bits per heavy atom. The van der Waals surface area contributed by atoms with E-state index in [0.717, 1.165) is 15.4 Å². The molecule has 0 bridgehead atoms. The first-order chi connectivity index (χ1) is 9.65. The van der Waals surface area contributed by atoms with Crippen LogP contribution in [-0.2, 0) is 6.54 Å². The summed E-state index contributed by atoms with van der Waals surface area (Å²) in [7, 11) is 0. The molecule has 1 heterocycles. The van der Waals surface area contributed by atoms with Gasteiger partial charge in [0.2, 0.25) is 0 Å². The molecule has 0 saturated carbocycles. The molecular weight excluding hydrogens is 338 g/mol. The van der Waals surface area contributed by atoms with Gasteiger partial charge in [-0.3, -0.25) is 4.79 Å². The Kier molecular flexibility index (Phi) is 3.64. The number of carbonyl (C=O) groups excluding carboxylic acids is 1. The molecule has 0 N–H and O–H groups in total. The molecule has 4 heteroatoms. The van der Waals surface area contributed by atoms with Crippen LogP contribution in [0.5, 0.6) is 0 Å². The second kappa shape index (κ2) is 5.43. The third-order valence-corrected chi connectivity index (χ3v) is 4.18. The Balaban J connectivity index is 1.91. The Morgan fingerprint density at radius 2 is 1.85 bits per heavy atom. The van der Waals surface area contributed by atoms with Crippen molar-refractivity contribution in [2.45, 2.75) is 6.54 Å². The summed E-state index contributed by atoms with van der Waals surface area (Å²) in [5, 5.41) is 1.74. The SMILES string of the molecule is O=C(Cn1ccc2c(Br)cccc21)c1ccc(Cl)cc1. The zero-order valence-electron chi connectivity index (χ0n) is 10.5. The number of nitrogens with zero attached hydrogens (tertiary/aromatic N) is 1. The summed E-state index contributed by atoms with van der Waals surface area (Å²) in [4.78, 5) is 12.3. The maximum atomic E-state index is 12.3. The van der Waals surface area contributed by atoms with E-state index in [1.54, 1.807) is 24.3 Å². The molecule has 3 aromatic rings. The molecule has 0 fully saturated rings. The predicted molar refractivity (Wildman–Crippen MR) is 85.4 cm³/mol. The molecule has 0 saturated heterocycles. The molecule has 0 spiro atoms. The van der Waals surface area contributed by atoms with E-state index in [9.17, 15) is 4.79 Å². The van der Waals surface area contributed by atoms with Gasteiger partial charge in [0, 0.05) is 32.2 Å². The van der Waals surface area contributed by atoms with Gasteiger partial charge in [-0.15, -0.1) is 0 Å². The summed E-state index contributed by atoms with van der Waals surface area (Å²) in [6.45, 7) is 0.321. The van der Waals surface area contributed by atoms with Gasteiger partial charge < -0.3 is 4.57 Å². The summed E-state index contributed by atoms with van der Waals surface area (Å²) in [5.41, 5.74) is 1.72. The molecule has 2 aromatic carbocycles. The van der Waals surface area contributed by atoms with E-state index >= 15 is 0 Å². The largest absolute Gasteiger partial charge is 0.340 e. The van der Waals surface area contributed by atoms with Crippen molar-refractivity contribution in [2.24, 2.45) is 0 Å². The number of Topliss-reactive ketones (excluding diaryl/α,β-unsaturated/α-hetero) is 1. The van der Waals surface area contributed by atoms with Gasteiger partial charge in [-0.2, -0.15) is 0 Å². The van der Waals surface area contributed by atoms with E-state index in [0.29, 0.717) is 17.1 Å². The topological polar surface area (TPSA) is 22.0 Å². The number of rotatable bonds is 3. The van der Waals surface area contributed by atoms with Crippen molar-refractivity contribution in [3.05, 3.63) is 69.8 Å². The molecule has 0 radical (unpaired) electrons. The molecule has 0 aliphatic carbocycles. The quantitative estimate of drug-likeness (QED) is 0.614. The van der Waals surface area contributed by atoms with Crippen molar-refractivity contribution >= 4 is 44.2 Å². The predicted octanol–water partition coefficient (Wildman–Crippen LogP) is 4.94. The van der Waals surface area contributed by atoms with Crippen LogP contribution in [0.3, 0.4) is 0 Å². The number of carbonyl (C=O) groups is 1. The Hall–Kier alpha value is -1.58. The van der Waals surface area contributed by atoms with Crippen LogP contribution in [0.25, 0.3) is 10.9 Å². The van der Waals surface area contributed by atoms with E-state index in [-0.39, 0.29) is 5.78 Å². The lowest BCUT2D eigenvalue weighted by atomic mass is 10.1. The third kappa shape index (κ3) is 2.51. The standard InChI is InChI=1S/C16H11BrClNO/c17-14-2-1-3-15-13(14)8-9-19(15)10-16(20)11-4-6-12(18)7-5-11/h1-9H,10H2. The number of ketones is 1. The molecule has 0 aliphatic heterocycles. The average Bonchev–Trinajstić information content (AvgIpc) is 2.84. The minimum atomic E-state index is 0.0687. The summed E-state index contributed by atoms with van der Waals surface area (Å²) in [5.74, 6) is 0.0687. The summed E-state index contributed by atoms with van der Waals surface area (Å²) in [6.07, 6.45) is 1.93. The van der Waals surface area contributed by atoms with E-state index in [2.05, 4.69) is 15.9 Å². The van der Waals surface area contributed by atoms with Crippen molar-refractivity contribution in [1.29, 1.82) is 0 Å². The molecule has 20 heavy (non-hydrogen) atoms. The van der Waals surface area contributed by atoms with Crippen molar-refractivity contribution < 1.29 is 4.79 Å². The Labute approximate surface area is 130 Å². The van der Waals surface area contributed by atoms with Gasteiger partial charge in [0.05, 0.1) is 6.54 Å². The maximum Gasteiger partial charge on any atom is 0.182 e. The molecule has 100 valence electrons. The van der Waals surface area contributed by atoms with E-state index in [1.807, 2.05) is 35.0 Å². The van der Waals surface area contributed by atoms with Crippen LogP contribution in [-0.4, -0.2) is 10.4 Å². The second-order valence-corrected chi connectivity index (χ2v) is 5.84. The highest BCUT2D eigenvalue weighted by Crippen LogP contribution is 2.25. The molecular formula is C16H11BrClNO. The number of hydrogen-bond acceptors (Lipinski definition) is 1. The van der Waals surface area contributed by atoms with Gasteiger partial charge >= 0.3 is 0 Å². The van der Waals surface area contributed by atoms with Crippen molar-refractivity contribution in [3.8, 4) is 0 Å². The molecule has 0 amide bonds. The number of hydrogen-bond donors (Lipinski definition) is 0. The van der Waals surface area contributed by atoms with Crippen LogP contribution in [0.4, 0.5) is 0 Å². The third-order valence-electron chi connectivity index (χ3n) is 3.24. The molecule has 0 unspecified atom stereocenters. The molecule has 2 nitrogen and oxygen atoms in total. The highest BCUT2D eigenvalue weighted by molar-refractivity contribution is 9.10. The fourth-order valence-electron chi connectivity index (χ4n) is 2.21. The molecule has 0 atom stereocenters. The van der Waals surface area contributed by atoms with Crippen LogP contribution >= 0.6 is 27.5 Å². The van der Waals surface area contributed by atoms with Gasteiger partial charge in [-0.05, 0) is 42.5 Å². The first-order valence-corrected chi connectivity index (χ1v) is 7.34. The number of benzene rings is 2. The van der Waals surface area contributed by atoms with Gasteiger partial charge in [0.15, 0.2) is 5.78 Å². The zero-order valence-corrected chi connectivity index (χ0v) is 12.9. The van der Waals surface area contributed by atoms with Crippen molar-refractivity contribution in [2.75, 3.05) is 0 Å². The highest BCUT2D eigenvalue weighted by Gasteiger charge is 2.09. The smallest absolute Gasteiger partial charge is 0.182 e. The first kappa shape index (κ1) is 13.4. The Bertz CT molecular complexity index is 777. The summed E-state index contributed by atoms with van der Waals surface area (Å²) >= 11 is 9.35. The van der Waals surface area contributed by atoms with Crippen LogP contribution in [0, 0.1) is 0 Å². The molecule has 0 aliphatic rings. The van der Waals surface area contributed by atoms with Crippen molar-refractivity contribution in [1.82, 2.24) is 4.57 Å². The lowest BCUT2D eigenvalue weighted by molar-refractivity contribution is 0.0973. The van der Waals surface area contributed by atoms with E-state index in [1.165, 1.54) is 0 Å². The van der Waals surface area contributed by atoms with Crippen LogP contribution < -0.4 is 0 Å². The van der Waals surface area contributed by atoms with E-state index < -0.39 is 0 Å². The van der Waals surface area contributed by atoms with E-state index in [4.69, 9.17) is 11.6 Å². The van der Waals surface area contributed by atoms with Crippen LogP contribution in [0.1, 0.15) is 10.4 Å². The molecule has 3 rings (SSSR count). The monoisotopic (exact) mass is 347 g/mol. The van der Waals surface area contributed by atoms with Crippen LogP contribution in [0.15, 0.2) is 59.2 Å². The number of fused-ring (bicyclic) bond motifs is 1. The normalized spacial score (nSPS) is 10.9. The van der Waals surface area contributed by atoms with Gasteiger partial charge in [-0.25, -0.2) is 0 Å². The van der Waals surface area contributed by atoms with Crippen molar-refractivity contribution in [3.63, 3.8) is 0 Å². The highest BCUT2D eigenvalue weighted by atomic mass is 79.9. The maximum absolute atomic E-state index is 12.3. The van der Waals surface area contributed by atoms with Gasteiger partial charge in [0.25, 0.3) is 0 Å². The number of halogens is 2. The first-order valence-electron chi connectivity index (χ1n) is 6.17. The second-order valence-electron chi connectivity index (χ2n) is 4.55. The fraction of sp³-hybridized carbons (Fsp3) is 0.0625. The number of aromatic nitrogens is 1. The lowest BCUT2D eigenvalue weighted by Gasteiger charge is -2.05. The fourth-order valence-corrected chi connectivity index (χ4v) is 2.82. The van der Waals surface area contributed by atoms with Gasteiger partial charge in [0.1, 0.15) is 0 Å². The minimum Gasteiger partial charge on any atom is -0.340 e. The summed E-state index contributed by atoms with van der Waals surface area (Å²) in [6, 6.07) is 15.0. The van der Waals surface area contributed by atoms with Gasteiger partial charge in [-0.1, -0.05) is 33.6 Å². The lowest BCUT2D eigenvalue weighted by Crippen LogP contribution is -2.09. The zero-order chi connectivity index (χ0) is 14.1. The minimum absolute atomic E-state index is 0.0687.